The molecule has 0 saturated carbocycles. The monoisotopic (exact) mass is 571 g/mol. The summed E-state index contributed by atoms with van der Waals surface area (Å²) < 4.78 is 92.0. The molecule has 1 aliphatic heterocycles. The van der Waals surface area contributed by atoms with E-state index in [0.717, 1.165) is 0 Å². The number of rotatable bonds is 4. The molecule has 1 amide bonds. The minimum atomic E-state index is -5.01. The fraction of sp³-hybridized carbons (Fsp3) is 0.462. The fourth-order valence-corrected chi connectivity index (χ4v) is 4.26. The van der Waals surface area contributed by atoms with E-state index in [-0.39, 0.29) is 18.0 Å². The molecular formula is C26H27F6N5O3. The minimum absolute atomic E-state index is 0.0262. The molecule has 0 spiro atoms. The molecule has 0 N–H and O–H groups in total. The Morgan fingerprint density at radius 2 is 1.55 bits per heavy atom. The van der Waals surface area contributed by atoms with Crippen molar-refractivity contribution in [2.45, 2.75) is 64.5 Å². The molecule has 0 atom stereocenters. The summed E-state index contributed by atoms with van der Waals surface area (Å²) >= 11 is 0. The lowest BCUT2D eigenvalue weighted by atomic mass is 10.0. The van der Waals surface area contributed by atoms with Crippen molar-refractivity contribution in [1.29, 1.82) is 0 Å². The highest BCUT2D eigenvalue weighted by atomic mass is 19.4. The molecule has 0 aliphatic carbocycles. The molecule has 1 fully saturated rings. The molecule has 216 valence electrons. The normalized spacial score (nSPS) is 15.3. The van der Waals surface area contributed by atoms with Crippen molar-refractivity contribution < 1.29 is 40.6 Å². The Bertz CT molecular complexity index is 1340. The molecule has 1 aromatic carbocycles. The molecule has 8 nitrogen and oxygen atoms in total. The van der Waals surface area contributed by atoms with Gasteiger partial charge in [0.05, 0.1) is 28.6 Å². The number of carbonyl (C=O) groups excluding carboxylic acids is 1. The van der Waals surface area contributed by atoms with Gasteiger partial charge in [0.15, 0.2) is 0 Å². The van der Waals surface area contributed by atoms with Crippen molar-refractivity contribution in [3.05, 3.63) is 53.2 Å². The number of likely N-dealkylation sites (tertiary alicyclic amines) is 1. The van der Waals surface area contributed by atoms with Gasteiger partial charge in [-0.1, -0.05) is 11.3 Å². The Kier molecular flexibility index (Phi) is 7.74. The molecular weight excluding hydrogens is 544 g/mol. The quantitative estimate of drug-likeness (QED) is 0.312. The van der Waals surface area contributed by atoms with Crippen LogP contribution in [-0.4, -0.2) is 49.7 Å². The van der Waals surface area contributed by atoms with Crippen LogP contribution in [0.1, 0.15) is 56.5 Å². The number of halogens is 6. The zero-order chi connectivity index (χ0) is 29.5. The Balaban J connectivity index is 1.57. The van der Waals surface area contributed by atoms with Crippen molar-refractivity contribution in [1.82, 2.24) is 24.9 Å². The number of aryl methyl sites for hydroxylation is 1. The average molecular weight is 572 g/mol. The van der Waals surface area contributed by atoms with Crippen molar-refractivity contribution in [2.75, 3.05) is 13.1 Å². The van der Waals surface area contributed by atoms with E-state index in [1.54, 1.807) is 43.3 Å². The highest BCUT2D eigenvalue weighted by Crippen LogP contribution is 2.39. The van der Waals surface area contributed by atoms with Gasteiger partial charge in [-0.05, 0) is 64.8 Å². The van der Waals surface area contributed by atoms with Crippen LogP contribution >= 0.6 is 0 Å². The van der Waals surface area contributed by atoms with Crippen molar-refractivity contribution >= 4 is 6.09 Å². The van der Waals surface area contributed by atoms with Gasteiger partial charge in [-0.25, -0.2) is 14.5 Å². The first kappa shape index (κ1) is 29.2. The first-order valence-corrected chi connectivity index (χ1v) is 12.4. The summed E-state index contributed by atoms with van der Waals surface area (Å²) in [4.78, 5) is 18.3. The number of aromatic nitrogens is 4. The summed E-state index contributed by atoms with van der Waals surface area (Å²) in [5, 5.41) is 8.38. The van der Waals surface area contributed by atoms with Gasteiger partial charge in [0.25, 0.3) is 0 Å². The Morgan fingerprint density at radius 1 is 0.950 bits per heavy atom. The van der Waals surface area contributed by atoms with Gasteiger partial charge in [-0.15, -0.1) is 5.10 Å². The van der Waals surface area contributed by atoms with Crippen LogP contribution in [0.2, 0.25) is 0 Å². The molecule has 3 aromatic rings. The molecule has 40 heavy (non-hydrogen) atoms. The molecule has 14 heteroatoms. The third kappa shape index (κ3) is 6.83. The molecule has 4 rings (SSSR count). The summed E-state index contributed by atoms with van der Waals surface area (Å²) in [5.74, 6) is -0.874. The average Bonchev–Trinajstić information content (AvgIpc) is 3.23. The van der Waals surface area contributed by atoms with Gasteiger partial charge in [-0.3, -0.25) is 0 Å². The highest BCUT2D eigenvalue weighted by molar-refractivity contribution is 5.68. The van der Waals surface area contributed by atoms with Crippen LogP contribution in [0.15, 0.2) is 36.4 Å². The maximum atomic E-state index is 13.2. The molecule has 1 saturated heterocycles. The van der Waals surface area contributed by atoms with Crippen LogP contribution in [0.3, 0.4) is 0 Å². The first-order valence-electron chi connectivity index (χ1n) is 12.4. The number of hydrogen-bond acceptors (Lipinski definition) is 6. The van der Waals surface area contributed by atoms with E-state index in [4.69, 9.17) is 9.47 Å². The van der Waals surface area contributed by atoms with Gasteiger partial charge < -0.3 is 14.4 Å². The number of nitrogens with zero attached hydrogens (tertiary/aromatic N) is 5. The maximum absolute atomic E-state index is 13.2. The molecule has 2 aromatic heterocycles. The second kappa shape index (κ2) is 10.6. The van der Waals surface area contributed by atoms with Gasteiger partial charge in [0.2, 0.25) is 5.88 Å². The lowest BCUT2D eigenvalue weighted by Crippen LogP contribution is -2.42. The third-order valence-electron chi connectivity index (χ3n) is 6.07. The highest BCUT2D eigenvalue weighted by Gasteiger charge is 2.37. The van der Waals surface area contributed by atoms with Crippen LogP contribution in [0.4, 0.5) is 31.1 Å². The minimum Gasteiger partial charge on any atom is -0.444 e. The second-order valence-corrected chi connectivity index (χ2v) is 10.4. The summed E-state index contributed by atoms with van der Waals surface area (Å²) in [6, 6.07) is 5.30. The van der Waals surface area contributed by atoms with E-state index >= 15 is 0 Å². The van der Waals surface area contributed by atoms with Crippen LogP contribution in [-0.2, 0) is 17.1 Å². The number of pyridine rings is 1. The number of ether oxygens (including phenoxy) is 2. The Hall–Kier alpha value is -3.84. The SMILES string of the molecule is Cc1nnn(C2CCN(C(=O)OC(C)(C)C)CC2)c1-c1cccc(Oc2cc(C(F)(F)F)cc(C(F)(F)F)c2)n1. The molecule has 0 bridgehead atoms. The molecule has 1 aliphatic rings. The zero-order valence-corrected chi connectivity index (χ0v) is 22.1. The summed E-state index contributed by atoms with van der Waals surface area (Å²) in [6.07, 6.45) is -9.33. The first-order chi connectivity index (χ1) is 18.5. The van der Waals surface area contributed by atoms with E-state index in [2.05, 4.69) is 15.3 Å². The van der Waals surface area contributed by atoms with Gasteiger partial charge >= 0.3 is 18.4 Å². The van der Waals surface area contributed by atoms with Crippen molar-refractivity contribution in [3.63, 3.8) is 0 Å². The van der Waals surface area contributed by atoms with Crippen LogP contribution in [0.25, 0.3) is 11.4 Å². The second-order valence-electron chi connectivity index (χ2n) is 10.4. The van der Waals surface area contributed by atoms with E-state index in [1.807, 2.05) is 0 Å². The molecule has 3 heterocycles. The number of carbonyl (C=O) groups is 1. The van der Waals surface area contributed by atoms with Crippen LogP contribution < -0.4 is 4.74 Å². The van der Waals surface area contributed by atoms with Crippen molar-refractivity contribution in [2.24, 2.45) is 0 Å². The number of amides is 1. The largest absolute Gasteiger partial charge is 0.444 e. The number of piperidine rings is 1. The summed E-state index contributed by atoms with van der Waals surface area (Å²) in [5.41, 5.74) is -2.27. The predicted octanol–water partition coefficient (Wildman–Crippen LogP) is 7.05. The van der Waals surface area contributed by atoms with Crippen LogP contribution in [0, 0.1) is 6.92 Å². The van der Waals surface area contributed by atoms with Gasteiger partial charge in [0.1, 0.15) is 17.0 Å². The Labute approximate surface area is 225 Å². The van der Waals surface area contributed by atoms with Gasteiger partial charge in [-0.2, -0.15) is 26.3 Å². The predicted molar refractivity (Wildman–Crippen MR) is 131 cm³/mol. The van der Waals surface area contributed by atoms with Gasteiger partial charge in [0, 0.05) is 19.2 Å². The van der Waals surface area contributed by atoms with E-state index in [9.17, 15) is 31.1 Å². The lowest BCUT2D eigenvalue weighted by Gasteiger charge is -2.33. The molecule has 0 unspecified atom stereocenters. The summed E-state index contributed by atoms with van der Waals surface area (Å²) in [7, 11) is 0. The van der Waals surface area contributed by atoms with Crippen molar-refractivity contribution in [3.8, 4) is 23.0 Å². The number of hydrogen-bond donors (Lipinski definition) is 0. The van der Waals surface area contributed by atoms with E-state index < -0.39 is 40.9 Å². The zero-order valence-electron chi connectivity index (χ0n) is 22.1. The Morgan fingerprint density at radius 3 is 2.10 bits per heavy atom. The third-order valence-corrected chi connectivity index (χ3v) is 6.07. The standard InChI is InChI=1S/C26H27F6N5O3/c1-15-22(37(35-34-15)18-8-10-36(11-9-18)23(38)40-24(2,3)4)20-6-5-7-21(33-20)39-19-13-16(25(27,28)29)12-17(14-19)26(30,31)32/h5-7,12-14,18H,8-11H2,1-4H3. The van der Waals surface area contributed by atoms with E-state index in [1.165, 1.54) is 12.1 Å². The topological polar surface area (TPSA) is 82.4 Å². The number of alkyl halides is 6. The fourth-order valence-electron chi connectivity index (χ4n) is 4.26. The smallest absolute Gasteiger partial charge is 0.416 e. The van der Waals surface area contributed by atoms with E-state index in [0.29, 0.717) is 55.1 Å². The van der Waals surface area contributed by atoms with Crippen LogP contribution in [0.5, 0.6) is 11.6 Å². The summed E-state index contributed by atoms with van der Waals surface area (Å²) in [6.45, 7) is 7.91. The lowest BCUT2D eigenvalue weighted by molar-refractivity contribution is -0.143. The maximum Gasteiger partial charge on any atom is 0.416 e. The molecule has 0 radical (unpaired) electrons. The number of benzene rings is 1.